The molecule has 102 valence electrons. The zero-order chi connectivity index (χ0) is 13.5. The van der Waals surface area contributed by atoms with E-state index in [2.05, 4.69) is 43.6 Å². The molecule has 1 heterocycles. The van der Waals surface area contributed by atoms with E-state index in [4.69, 9.17) is 11.6 Å². The van der Waals surface area contributed by atoms with Crippen molar-refractivity contribution in [3.63, 3.8) is 0 Å². The maximum absolute atomic E-state index is 5.91. The summed E-state index contributed by atoms with van der Waals surface area (Å²) in [7, 11) is 0. The summed E-state index contributed by atoms with van der Waals surface area (Å²) >= 11 is 5.91. The molecule has 18 heavy (non-hydrogen) atoms. The minimum Gasteiger partial charge on any atom is -0.353 e. The van der Waals surface area contributed by atoms with Crippen LogP contribution in [0.5, 0.6) is 0 Å². The van der Waals surface area contributed by atoms with Gasteiger partial charge in [-0.05, 0) is 36.5 Å². The van der Waals surface area contributed by atoms with Crippen LogP contribution >= 0.6 is 11.6 Å². The van der Waals surface area contributed by atoms with Crippen LogP contribution in [0.3, 0.4) is 0 Å². The van der Waals surface area contributed by atoms with Crippen LogP contribution in [0, 0.1) is 5.92 Å². The van der Waals surface area contributed by atoms with Crippen molar-refractivity contribution in [1.82, 2.24) is 4.98 Å². The number of halogens is 1. The minimum atomic E-state index is 0.550. The van der Waals surface area contributed by atoms with Crippen LogP contribution in [0.25, 0.3) is 0 Å². The van der Waals surface area contributed by atoms with Gasteiger partial charge in [-0.2, -0.15) is 0 Å². The molecule has 0 radical (unpaired) electrons. The van der Waals surface area contributed by atoms with E-state index >= 15 is 0 Å². The van der Waals surface area contributed by atoms with E-state index in [0.717, 1.165) is 30.8 Å². The summed E-state index contributed by atoms with van der Waals surface area (Å²) in [4.78, 5) is 6.96. The number of pyridine rings is 1. The van der Waals surface area contributed by atoms with E-state index in [1.165, 1.54) is 0 Å². The topological polar surface area (TPSA) is 16.1 Å². The van der Waals surface area contributed by atoms with Gasteiger partial charge in [-0.25, -0.2) is 4.98 Å². The number of hydrogen-bond acceptors (Lipinski definition) is 2. The molecule has 0 atom stereocenters. The van der Waals surface area contributed by atoms with Crippen LogP contribution in [0.4, 0.5) is 5.82 Å². The highest BCUT2D eigenvalue weighted by Crippen LogP contribution is 2.21. The molecule has 0 unspecified atom stereocenters. The van der Waals surface area contributed by atoms with Gasteiger partial charge in [0.15, 0.2) is 0 Å². The largest absolute Gasteiger partial charge is 0.353 e. The van der Waals surface area contributed by atoms with Crippen molar-refractivity contribution in [1.29, 1.82) is 0 Å². The zero-order valence-electron chi connectivity index (χ0n) is 12.0. The van der Waals surface area contributed by atoms with Crippen LogP contribution in [0.1, 0.15) is 46.1 Å². The van der Waals surface area contributed by atoms with E-state index in [9.17, 15) is 0 Å². The van der Waals surface area contributed by atoms with Gasteiger partial charge in [0, 0.05) is 24.7 Å². The number of hydrogen-bond donors (Lipinski definition) is 0. The van der Waals surface area contributed by atoms with Crippen molar-refractivity contribution < 1.29 is 0 Å². The maximum atomic E-state index is 5.91. The van der Waals surface area contributed by atoms with Gasteiger partial charge in [0.1, 0.15) is 5.82 Å². The molecule has 1 rings (SSSR count). The lowest BCUT2D eigenvalue weighted by molar-refractivity contribution is 0.503. The van der Waals surface area contributed by atoms with E-state index in [-0.39, 0.29) is 0 Å². The molecule has 0 aliphatic carbocycles. The zero-order valence-corrected chi connectivity index (χ0v) is 12.7. The maximum Gasteiger partial charge on any atom is 0.129 e. The van der Waals surface area contributed by atoms with Gasteiger partial charge in [0.2, 0.25) is 0 Å². The van der Waals surface area contributed by atoms with Crippen LogP contribution in [0.15, 0.2) is 18.3 Å². The fourth-order valence-electron chi connectivity index (χ4n) is 2.25. The Balaban J connectivity index is 2.99. The Morgan fingerprint density at radius 1 is 1.28 bits per heavy atom. The Kier molecular flexibility index (Phi) is 6.48. The minimum absolute atomic E-state index is 0.550. The number of anilines is 1. The molecule has 0 aromatic carbocycles. The van der Waals surface area contributed by atoms with Crippen molar-refractivity contribution in [3.8, 4) is 0 Å². The highest BCUT2D eigenvalue weighted by atomic mass is 35.5. The Labute approximate surface area is 116 Å². The average Bonchev–Trinajstić information content (AvgIpc) is 2.38. The van der Waals surface area contributed by atoms with Gasteiger partial charge < -0.3 is 4.90 Å². The Bertz CT molecular complexity index is 348. The number of nitrogens with zero attached hydrogens (tertiary/aromatic N) is 2. The standard InChI is InChI=1S/C15H25ClN2/c1-5-14(6-2)18(11-12(3)4)15-9-13(10-16)7-8-17-15/h7-9,12,14H,5-6,10-11H2,1-4H3. The lowest BCUT2D eigenvalue weighted by Crippen LogP contribution is -2.38. The van der Waals surface area contributed by atoms with Gasteiger partial charge in [-0.15, -0.1) is 11.6 Å². The van der Waals surface area contributed by atoms with Crippen LogP contribution < -0.4 is 4.90 Å². The van der Waals surface area contributed by atoms with Gasteiger partial charge in [0.05, 0.1) is 0 Å². The second-order valence-corrected chi connectivity index (χ2v) is 5.44. The molecule has 0 aliphatic heterocycles. The number of alkyl halides is 1. The van der Waals surface area contributed by atoms with E-state index in [0.29, 0.717) is 17.8 Å². The molecule has 1 aromatic heterocycles. The monoisotopic (exact) mass is 268 g/mol. The fourth-order valence-corrected chi connectivity index (χ4v) is 2.42. The third-order valence-corrected chi connectivity index (χ3v) is 3.51. The molecule has 2 nitrogen and oxygen atoms in total. The SMILES string of the molecule is CCC(CC)N(CC(C)C)c1cc(CCl)ccn1. The molecule has 0 amide bonds. The van der Waals surface area contributed by atoms with Crippen LogP contribution in [-0.2, 0) is 5.88 Å². The van der Waals surface area contributed by atoms with Crippen molar-refractivity contribution in [3.05, 3.63) is 23.9 Å². The highest BCUT2D eigenvalue weighted by molar-refractivity contribution is 6.17. The number of aromatic nitrogens is 1. The number of rotatable bonds is 7. The highest BCUT2D eigenvalue weighted by Gasteiger charge is 2.18. The third kappa shape index (κ3) is 4.16. The summed E-state index contributed by atoms with van der Waals surface area (Å²) in [5.41, 5.74) is 1.14. The molecule has 0 saturated carbocycles. The predicted molar refractivity (Wildman–Crippen MR) is 80.3 cm³/mol. The first-order chi connectivity index (χ1) is 8.62. The second kappa shape index (κ2) is 7.63. The van der Waals surface area contributed by atoms with Crippen molar-refractivity contribution in [2.45, 2.75) is 52.5 Å². The Morgan fingerprint density at radius 3 is 2.44 bits per heavy atom. The molecular formula is C15H25ClN2. The summed E-state index contributed by atoms with van der Waals surface area (Å²) in [5, 5.41) is 0. The first-order valence-electron chi connectivity index (χ1n) is 6.89. The van der Waals surface area contributed by atoms with Gasteiger partial charge >= 0.3 is 0 Å². The summed E-state index contributed by atoms with van der Waals surface area (Å²) in [5.74, 6) is 2.25. The van der Waals surface area contributed by atoms with E-state index in [1.807, 2.05) is 12.3 Å². The van der Waals surface area contributed by atoms with Gasteiger partial charge in [0.25, 0.3) is 0 Å². The third-order valence-electron chi connectivity index (χ3n) is 3.20. The summed E-state index contributed by atoms with van der Waals surface area (Å²) < 4.78 is 0. The van der Waals surface area contributed by atoms with Crippen LogP contribution in [-0.4, -0.2) is 17.6 Å². The predicted octanol–water partition coefficient (Wildman–Crippen LogP) is 4.47. The van der Waals surface area contributed by atoms with Crippen LogP contribution in [0.2, 0.25) is 0 Å². The smallest absolute Gasteiger partial charge is 0.129 e. The molecular weight excluding hydrogens is 244 g/mol. The van der Waals surface area contributed by atoms with Crippen molar-refractivity contribution >= 4 is 17.4 Å². The summed E-state index contributed by atoms with van der Waals surface area (Å²) in [6.07, 6.45) is 4.16. The summed E-state index contributed by atoms with van der Waals surface area (Å²) in [6, 6.07) is 4.66. The first kappa shape index (κ1) is 15.3. The Morgan fingerprint density at radius 2 is 1.94 bits per heavy atom. The first-order valence-corrected chi connectivity index (χ1v) is 7.43. The molecule has 1 aromatic rings. The van der Waals surface area contributed by atoms with Crippen molar-refractivity contribution in [2.24, 2.45) is 5.92 Å². The normalized spacial score (nSPS) is 11.3. The fraction of sp³-hybridized carbons (Fsp3) is 0.667. The lowest BCUT2D eigenvalue weighted by Gasteiger charge is -2.33. The van der Waals surface area contributed by atoms with E-state index in [1.54, 1.807) is 0 Å². The molecule has 0 bridgehead atoms. The molecule has 3 heteroatoms. The van der Waals surface area contributed by atoms with Crippen molar-refractivity contribution in [2.75, 3.05) is 11.4 Å². The summed E-state index contributed by atoms with van der Waals surface area (Å²) in [6.45, 7) is 10.0. The van der Waals surface area contributed by atoms with E-state index < -0.39 is 0 Å². The molecule has 0 N–H and O–H groups in total. The molecule has 0 aliphatic rings. The quantitative estimate of drug-likeness (QED) is 0.678. The van der Waals surface area contributed by atoms with Gasteiger partial charge in [-0.1, -0.05) is 27.7 Å². The second-order valence-electron chi connectivity index (χ2n) is 5.17. The van der Waals surface area contributed by atoms with Gasteiger partial charge in [-0.3, -0.25) is 0 Å². The molecule has 0 spiro atoms. The lowest BCUT2D eigenvalue weighted by atomic mass is 10.1. The Hall–Kier alpha value is -0.760. The molecule has 0 saturated heterocycles. The molecule has 0 fully saturated rings. The average molecular weight is 269 g/mol.